The molecule has 0 saturated carbocycles. The zero-order valence-corrected chi connectivity index (χ0v) is 15.4. The Morgan fingerprint density at radius 3 is 2.28 bits per heavy atom. The predicted molar refractivity (Wildman–Crippen MR) is 102 cm³/mol. The Morgan fingerprint density at radius 2 is 1.68 bits per heavy atom. The number of rotatable bonds is 6. The quantitative estimate of drug-likeness (QED) is 0.802. The summed E-state index contributed by atoms with van der Waals surface area (Å²) in [7, 11) is 0. The van der Waals surface area contributed by atoms with Gasteiger partial charge in [-0.25, -0.2) is 0 Å². The summed E-state index contributed by atoms with van der Waals surface area (Å²) in [5, 5.41) is 6.30. The van der Waals surface area contributed by atoms with E-state index in [1.807, 2.05) is 45.0 Å². The van der Waals surface area contributed by atoms with Crippen molar-refractivity contribution >= 4 is 29.1 Å². The van der Waals surface area contributed by atoms with E-state index >= 15 is 0 Å². The molecule has 0 aliphatic rings. The topological polar surface area (TPSA) is 58.2 Å². The molecular formula is C20H23ClN2O2. The van der Waals surface area contributed by atoms with Crippen molar-refractivity contribution in [3.05, 3.63) is 64.7 Å². The van der Waals surface area contributed by atoms with Gasteiger partial charge in [0.1, 0.15) is 6.04 Å². The molecule has 0 aliphatic heterocycles. The maximum absolute atomic E-state index is 12.7. The number of amides is 2. The lowest BCUT2D eigenvalue weighted by Gasteiger charge is -2.21. The maximum Gasteiger partial charge on any atom is 0.251 e. The van der Waals surface area contributed by atoms with E-state index in [9.17, 15) is 9.59 Å². The largest absolute Gasteiger partial charge is 0.340 e. The molecule has 0 bridgehead atoms. The Hall–Kier alpha value is -2.33. The molecular weight excluding hydrogens is 336 g/mol. The van der Waals surface area contributed by atoms with Gasteiger partial charge >= 0.3 is 0 Å². The molecule has 1 atom stereocenters. The molecule has 2 aromatic rings. The average Bonchev–Trinajstić information content (AvgIpc) is 2.56. The summed E-state index contributed by atoms with van der Waals surface area (Å²) in [6.45, 7) is 5.96. The number of para-hydroxylation sites is 1. The van der Waals surface area contributed by atoms with Crippen molar-refractivity contribution in [2.24, 2.45) is 5.92 Å². The van der Waals surface area contributed by atoms with Crippen molar-refractivity contribution < 1.29 is 9.59 Å². The van der Waals surface area contributed by atoms with E-state index in [0.29, 0.717) is 17.0 Å². The van der Waals surface area contributed by atoms with Crippen LogP contribution in [0.15, 0.2) is 48.5 Å². The lowest BCUT2D eigenvalue weighted by molar-refractivity contribution is -0.118. The van der Waals surface area contributed by atoms with Gasteiger partial charge in [-0.15, -0.1) is 0 Å². The summed E-state index contributed by atoms with van der Waals surface area (Å²) in [4.78, 5) is 25.1. The van der Waals surface area contributed by atoms with Crippen LogP contribution in [0.2, 0.25) is 5.02 Å². The van der Waals surface area contributed by atoms with Gasteiger partial charge in [0.05, 0.1) is 0 Å². The molecule has 132 valence electrons. The average molecular weight is 359 g/mol. The minimum atomic E-state index is -0.609. The molecule has 2 aromatic carbocycles. The highest BCUT2D eigenvalue weighted by Gasteiger charge is 2.23. The Labute approximate surface area is 153 Å². The third-order valence-electron chi connectivity index (χ3n) is 3.84. The van der Waals surface area contributed by atoms with Crippen molar-refractivity contribution in [3.8, 4) is 0 Å². The van der Waals surface area contributed by atoms with Gasteiger partial charge < -0.3 is 10.6 Å². The Balaban J connectivity index is 2.12. The Bertz CT molecular complexity index is 742. The third kappa shape index (κ3) is 5.61. The van der Waals surface area contributed by atoms with Gasteiger partial charge in [0.2, 0.25) is 5.91 Å². The van der Waals surface area contributed by atoms with Crippen LogP contribution >= 0.6 is 11.6 Å². The molecule has 2 amide bonds. The molecule has 4 nitrogen and oxygen atoms in total. The van der Waals surface area contributed by atoms with Crippen LogP contribution in [0.25, 0.3) is 0 Å². The highest BCUT2D eigenvalue weighted by atomic mass is 35.5. The van der Waals surface area contributed by atoms with E-state index in [0.717, 1.165) is 11.3 Å². The van der Waals surface area contributed by atoms with Gasteiger partial charge in [-0.1, -0.05) is 43.6 Å². The minimum absolute atomic E-state index is 0.217. The van der Waals surface area contributed by atoms with Crippen LogP contribution in [0.3, 0.4) is 0 Å². The van der Waals surface area contributed by atoms with Crippen LogP contribution in [0.1, 0.15) is 36.2 Å². The first-order valence-electron chi connectivity index (χ1n) is 8.29. The van der Waals surface area contributed by atoms with Crippen molar-refractivity contribution in [1.29, 1.82) is 0 Å². The number of hydrogen-bond acceptors (Lipinski definition) is 2. The van der Waals surface area contributed by atoms with Crippen molar-refractivity contribution in [2.75, 3.05) is 5.32 Å². The van der Waals surface area contributed by atoms with Crippen LogP contribution in [0.4, 0.5) is 5.69 Å². The van der Waals surface area contributed by atoms with E-state index in [1.165, 1.54) is 0 Å². The molecule has 5 heteroatoms. The monoisotopic (exact) mass is 358 g/mol. The first kappa shape index (κ1) is 19.0. The number of hydrogen-bond donors (Lipinski definition) is 2. The van der Waals surface area contributed by atoms with Gasteiger partial charge in [0.15, 0.2) is 0 Å². The number of anilines is 1. The smallest absolute Gasteiger partial charge is 0.251 e. The van der Waals surface area contributed by atoms with Crippen LogP contribution in [0, 0.1) is 12.8 Å². The molecule has 0 unspecified atom stereocenters. The minimum Gasteiger partial charge on any atom is -0.340 e. The van der Waals surface area contributed by atoms with Crippen LogP contribution in [-0.2, 0) is 4.79 Å². The van der Waals surface area contributed by atoms with Gasteiger partial charge in [-0.05, 0) is 55.2 Å². The molecule has 0 radical (unpaired) electrons. The SMILES string of the molecule is Cc1ccccc1NC(=O)[C@H](CC(C)C)NC(=O)c1ccc(Cl)cc1. The second kappa shape index (κ2) is 8.67. The number of carbonyl (C=O) groups excluding carboxylic acids is 2. The molecule has 0 aromatic heterocycles. The van der Waals surface area contributed by atoms with Crippen LogP contribution in [0.5, 0.6) is 0 Å². The standard InChI is InChI=1S/C20H23ClN2O2/c1-13(2)12-18(20(25)22-17-7-5-4-6-14(17)3)23-19(24)15-8-10-16(21)11-9-15/h4-11,13,18H,12H2,1-3H3,(H,22,25)(H,23,24)/t18-/m0/s1. The second-order valence-corrected chi connectivity index (χ2v) is 6.90. The number of carbonyl (C=O) groups is 2. The zero-order chi connectivity index (χ0) is 18.4. The fourth-order valence-electron chi connectivity index (χ4n) is 2.48. The molecule has 0 saturated heterocycles. The summed E-state index contributed by atoms with van der Waals surface area (Å²) in [6.07, 6.45) is 0.553. The first-order valence-corrected chi connectivity index (χ1v) is 8.67. The fraction of sp³-hybridized carbons (Fsp3) is 0.300. The van der Waals surface area contributed by atoms with Gasteiger partial charge in [-0.2, -0.15) is 0 Å². The number of benzene rings is 2. The van der Waals surface area contributed by atoms with Crippen molar-refractivity contribution in [3.63, 3.8) is 0 Å². The summed E-state index contributed by atoms with van der Waals surface area (Å²) in [5.41, 5.74) is 2.20. The van der Waals surface area contributed by atoms with E-state index < -0.39 is 6.04 Å². The van der Waals surface area contributed by atoms with Crippen molar-refractivity contribution in [2.45, 2.75) is 33.2 Å². The highest BCUT2D eigenvalue weighted by molar-refractivity contribution is 6.30. The van der Waals surface area contributed by atoms with E-state index in [1.54, 1.807) is 24.3 Å². The normalized spacial score (nSPS) is 11.9. The summed E-state index contributed by atoms with van der Waals surface area (Å²) in [5.74, 6) is -0.245. The third-order valence-corrected chi connectivity index (χ3v) is 4.09. The fourth-order valence-corrected chi connectivity index (χ4v) is 2.60. The van der Waals surface area contributed by atoms with Gasteiger partial charge in [0, 0.05) is 16.3 Å². The molecule has 25 heavy (non-hydrogen) atoms. The molecule has 0 heterocycles. The zero-order valence-electron chi connectivity index (χ0n) is 14.7. The summed E-state index contributed by atoms with van der Waals surface area (Å²) in [6, 6.07) is 13.5. The number of halogens is 1. The van der Waals surface area contributed by atoms with Crippen LogP contribution in [-0.4, -0.2) is 17.9 Å². The molecule has 0 fully saturated rings. The summed E-state index contributed by atoms with van der Waals surface area (Å²) >= 11 is 5.85. The lowest BCUT2D eigenvalue weighted by atomic mass is 10.0. The second-order valence-electron chi connectivity index (χ2n) is 6.47. The molecule has 2 rings (SSSR count). The Kier molecular flexibility index (Phi) is 6.59. The highest BCUT2D eigenvalue weighted by Crippen LogP contribution is 2.16. The molecule has 0 aliphatic carbocycles. The van der Waals surface area contributed by atoms with Gasteiger partial charge in [-0.3, -0.25) is 9.59 Å². The predicted octanol–water partition coefficient (Wildman–Crippen LogP) is 4.43. The van der Waals surface area contributed by atoms with E-state index in [-0.39, 0.29) is 17.7 Å². The van der Waals surface area contributed by atoms with Crippen LogP contribution < -0.4 is 10.6 Å². The number of nitrogens with one attached hydrogen (secondary N) is 2. The maximum atomic E-state index is 12.7. The lowest BCUT2D eigenvalue weighted by Crippen LogP contribution is -2.44. The molecule has 2 N–H and O–H groups in total. The summed E-state index contributed by atoms with van der Waals surface area (Å²) < 4.78 is 0. The van der Waals surface area contributed by atoms with Crippen molar-refractivity contribution in [1.82, 2.24) is 5.32 Å². The van der Waals surface area contributed by atoms with E-state index in [4.69, 9.17) is 11.6 Å². The molecule has 0 spiro atoms. The number of aryl methyl sites for hydroxylation is 1. The van der Waals surface area contributed by atoms with E-state index in [2.05, 4.69) is 10.6 Å². The first-order chi connectivity index (χ1) is 11.9. The Morgan fingerprint density at radius 1 is 1.04 bits per heavy atom. The van der Waals surface area contributed by atoms with Gasteiger partial charge in [0.25, 0.3) is 5.91 Å².